The highest BCUT2D eigenvalue weighted by molar-refractivity contribution is 7.98. The molecule has 3 aromatic carbocycles. The Morgan fingerprint density at radius 3 is 2.67 bits per heavy atom. The summed E-state index contributed by atoms with van der Waals surface area (Å²) in [6.45, 7) is 6.29. The first-order chi connectivity index (χ1) is 19.4. The fraction of sp³-hybridized carbons (Fsp3) is 0.233. The Hall–Kier alpha value is -3.95. The number of methoxy groups -OCH3 is 1. The van der Waals surface area contributed by atoms with Crippen LogP contribution in [0.2, 0.25) is 5.02 Å². The van der Waals surface area contributed by atoms with Crippen molar-refractivity contribution in [2.45, 2.75) is 37.7 Å². The third-order valence-electron chi connectivity index (χ3n) is 6.47. The minimum absolute atomic E-state index is 0.236. The number of rotatable bonds is 9. The van der Waals surface area contributed by atoms with Crippen molar-refractivity contribution in [3.8, 4) is 11.5 Å². The van der Waals surface area contributed by atoms with Crippen molar-refractivity contribution in [2.24, 2.45) is 0 Å². The summed E-state index contributed by atoms with van der Waals surface area (Å²) in [4.78, 5) is 18.6. The molecule has 2 heterocycles. The van der Waals surface area contributed by atoms with Crippen LogP contribution in [0.1, 0.15) is 36.6 Å². The van der Waals surface area contributed by atoms with Crippen molar-refractivity contribution in [1.82, 2.24) is 14.8 Å². The number of fused-ring (bicyclic) bond motifs is 1. The number of carbonyl (C=O) groups excluding carboxylic acids is 1. The zero-order valence-corrected chi connectivity index (χ0v) is 24.3. The third kappa shape index (κ3) is 5.80. The lowest BCUT2D eigenvalue weighted by Crippen LogP contribution is -2.31. The number of ether oxygens (including phenoxy) is 2. The average Bonchev–Trinajstić information content (AvgIpc) is 3.34. The number of benzene rings is 3. The summed E-state index contributed by atoms with van der Waals surface area (Å²) in [6.07, 6.45) is 0. The van der Waals surface area contributed by atoms with Crippen LogP contribution in [0, 0.1) is 6.92 Å². The highest BCUT2D eigenvalue weighted by Gasteiger charge is 2.35. The molecular weight excluding hydrogens is 546 g/mol. The molecule has 1 atom stereocenters. The molecule has 1 aliphatic heterocycles. The first-order valence-corrected chi connectivity index (χ1v) is 14.2. The Bertz CT molecular complexity index is 1590. The minimum atomic E-state index is -0.562. The van der Waals surface area contributed by atoms with Gasteiger partial charge in [-0.3, -0.25) is 4.79 Å². The number of aryl methyl sites for hydroxylation is 1. The number of aromatic nitrogens is 3. The fourth-order valence-electron chi connectivity index (χ4n) is 4.60. The molecule has 206 valence electrons. The zero-order chi connectivity index (χ0) is 28.2. The SMILES string of the molecule is CCOc1ccc(C2C(C(=O)Nc3cccc(C)c3)=C(C)Nc3nc(SCc4ccccc4Cl)nn32)cc1OC. The highest BCUT2D eigenvalue weighted by Crippen LogP contribution is 2.40. The van der Waals surface area contributed by atoms with Gasteiger partial charge in [0.25, 0.3) is 5.91 Å². The van der Waals surface area contributed by atoms with Crippen LogP contribution in [0.15, 0.2) is 83.2 Å². The van der Waals surface area contributed by atoms with Gasteiger partial charge in [-0.1, -0.05) is 59.8 Å². The summed E-state index contributed by atoms with van der Waals surface area (Å²) in [5.74, 6) is 2.12. The van der Waals surface area contributed by atoms with E-state index in [0.717, 1.165) is 16.7 Å². The first kappa shape index (κ1) is 27.6. The van der Waals surface area contributed by atoms with Gasteiger partial charge in [-0.25, -0.2) is 4.68 Å². The largest absolute Gasteiger partial charge is 0.493 e. The summed E-state index contributed by atoms with van der Waals surface area (Å²) in [5, 5.41) is 12.4. The molecule has 0 spiro atoms. The Labute approximate surface area is 242 Å². The van der Waals surface area contributed by atoms with Gasteiger partial charge in [0.05, 0.1) is 19.3 Å². The third-order valence-corrected chi connectivity index (χ3v) is 7.73. The van der Waals surface area contributed by atoms with Crippen molar-refractivity contribution >= 4 is 40.9 Å². The van der Waals surface area contributed by atoms with Gasteiger partial charge in [-0.2, -0.15) is 4.98 Å². The highest BCUT2D eigenvalue weighted by atomic mass is 35.5. The molecule has 1 amide bonds. The Morgan fingerprint density at radius 2 is 1.93 bits per heavy atom. The van der Waals surface area contributed by atoms with Gasteiger partial charge in [0, 0.05) is 22.2 Å². The predicted octanol–water partition coefficient (Wildman–Crippen LogP) is 6.87. The van der Waals surface area contributed by atoms with Crippen LogP contribution in [0.3, 0.4) is 0 Å². The van der Waals surface area contributed by atoms with Crippen LogP contribution < -0.4 is 20.1 Å². The lowest BCUT2D eigenvalue weighted by atomic mass is 9.94. The van der Waals surface area contributed by atoms with E-state index < -0.39 is 6.04 Å². The van der Waals surface area contributed by atoms with E-state index in [2.05, 4.69) is 10.6 Å². The van der Waals surface area contributed by atoms with Gasteiger partial charge in [0.1, 0.15) is 6.04 Å². The van der Waals surface area contributed by atoms with Gasteiger partial charge in [-0.15, -0.1) is 5.10 Å². The number of hydrogen-bond acceptors (Lipinski definition) is 7. The first-order valence-electron chi connectivity index (χ1n) is 12.9. The van der Waals surface area contributed by atoms with Crippen molar-refractivity contribution in [3.05, 3.63) is 99.7 Å². The number of carbonyl (C=O) groups is 1. The van der Waals surface area contributed by atoms with E-state index in [1.165, 1.54) is 11.8 Å². The number of nitrogens with one attached hydrogen (secondary N) is 2. The van der Waals surface area contributed by atoms with E-state index in [9.17, 15) is 4.79 Å². The van der Waals surface area contributed by atoms with Crippen LogP contribution in [-0.2, 0) is 10.5 Å². The smallest absolute Gasteiger partial charge is 0.255 e. The van der Waals surface area contributed by atoms with Gasteiger partial charge >= 0.3 is 0 Å². The minimum Gasteiger partial charge on any atom is -0.493 e. The normalized spacial score (nSPS) is 14.4. The van der Waals surface area contributed by atoms with E-state index in [1.807, 2.05) is 87.5 Å². The molecule has 1 unspecified atom stereocenters. The number of allylic oxidation sites excluding steroid dienone is 1. The van der Waals surface area contributed by atoms with E-state index >= 15 is 0 Å². The second kappa shape index (κ2) is 12.1. The molecule has 8 nitrogen and oxygen atoms in total. The zero-order valence-electron chi connectivity index (χ0n) is 22.7. The number of hydrogen-bond donors (Lipinski definition) is 2. The summed E-state index contributed by atoms with van der Waals surface area (Å²) in [5.41, 5.74) is 4.78. The molecule has 10 heteroatoms. The number of anilines is 2. The van der Waals surface area contributed by atoms with Crippen LogP contribution in [0.25, 0.3) is 0 Å². The summed E-state index contributed by atoms with van der Waals surface area (Å²) in [6, 6.07) is 20.5. The fourth-order valence-corrected chi connectivity index (χ4v) is 5.72. The standard InChI is InChI=1S/C30H30ClN5O3S/c1-5-39-24-14-13-20(16-25(24)38-4)27-26(28(37)33-22-11-8-9-18(2)15-22)19(3)32-29-34-30(35-36(27)29)40-17-21-10-6-7-12-23(21)31/h6-16,27H,5,17H2,1-4H3,(H,33,37)(H,32,34,35). The molecule has 0 saturated heterocycles. The van der Waals surface area contributed by atoms with Crippen LogP contribution in [0.5, 0.6) is 11.5 Å². The van der Waals surface area contributed by atoms with E-state index in [0.29, 0.717) is 56.9 Å². The molecule has 2 N–H and O–H groups in total. The Morgan fingerprint density at radius 1 is 1.10 bits per heavy atom. The number of nitrogens with zero attached hydrogens (tertiary/aromatic N) is 3. The van der Waals surface area contributed by atoms with Crippen molar-refractivity contribution < 1.29 is 14.3 Å². The lowest BCUT2D eigenvalue weighted by Gasteiger charge is -2.29. The molecule has 0 bridgehead atoms. The second-order valence-corrected chi connectivity index (χ2v) is 10.6. The van der Waals surface area contributed by atoms with Gasteiger partial charge in [0.2, 0.25) is 11.1 Å². The molecular formula is C30H30ClN5O3S. The predicted molar refractivity (Wildman–Crippen MR) is 159 cm³/mol. The number of thioether (sulfide) groups is 1. The second-order valence-electron chi connectivity index (χ2n) is 9.28. The molecule has 5 rings (SSSR count). The summed E-state index contributed by atoms with van der Waals surface area (Å²) in [7, 11) is 1.60. The van der Waals surface area contributed by atoms with Crippen molar-refractivity contribution in [2.75, 3.05) is 24.4 Å². The Balaban J connectivity index is 1.54. The topological polar surface area (TPSA) is 90.3 Å². The van der Waals surface area contributed by atoms with Crippen LogP contribution in [0.4, 0.5) is 11.6 Å². The Kier molecular flexibility index (Phi) is 8.32. The maximum absolute atomic E-state index is 13.8. The van der Waals surface area contributed by atoms with Crippen LogP contribution >= 0.6 is 23.4 Å². The molecule has 0 saturated carbocycles. The van der Waals surface area contributed by atoms with Gasteiger partial charge < -0.3 is 20.1 Å². The molecule has 0 radical (unpaired) electrons. The number of halogens is 1. The summed E-state index contributed by atoms with van der Waals surface area (Å²) >= 11 is 7.84. The van der Waals surface area contributed by atoms with E-state index in [-0.39, 0.29) is 5.91 Å². The molecule has 0 fully saturated rings. The molecule has 4 aromatic rings. The average molecular weight is 576 g/mol. The maximum atomic E-state index is 13.8. The van der Waals surface area contributed by atoms with E-state index in [4.69, 9.17) is 31.2 Å². The van der Waals surface area contributed by atoms with E-state index in [1.54, 1.807) is 11.8 Å². The quantitative estimate of drug-likeness (QED) is 0.210. The molecule has 0 aliphatic carbocycles. The molecule has 40 heavy (non-hydrogen) atoms. The van der Waals surface area contributed by atoms with Gasteiger partial charge in [-0.05, 0) is 67.8 Å². The molecule has 1 aromatic heterocycles. The monoisotopic (exact) mass is 575 g/mol. The van der Waals surface area contributed by atoms with Crippen molar-refractivity contribution in [1.29, 1.82) is 0 Å². The lowest BCUT2D eigenvalue weighted by molar-refractivity contribution is -0.113. The van der Waals surface area contributed by atoms with Gasteiger partial charge in [0.15, 0.2) is 11.5 Å². The number of amides is 1. The van der Waals surface area contributed by atoms with Crippen molar-refractivity contribution in [3.63, 3.8) is 0 Å². The summed E-state index contributed by atoms with van der Waals surface area (Å²) < 4.78 is 13.1. The maximum Gasteiger partial charge on any atom is 0.255 e. The van der Waals surface area contributed by atoms with Crippen LogP contribution in [-0.4, -0.2) is 34.4 Å². The molecule has 1 aliphatic rings.